The van der Waals surface area contributed by atoms with Crippen LogP contribution in [0.25, 0.3) is 16.8 Å². The molecule has 0 bridgehead atoms. The van der Waals surface area contributed by atoms with Gasteiger partial charge in [-0.3, -0.25) is 14.2 Å². The number of amides is 1. The molecule has 2 aromatic heterocycles. The summed E-state index contributed by atoms with van der Waals surface area (Å²) < 4.78 is 25.6. The number of nitrogens with zero attached hydrogens (tertiary/aromatic N) is 2. The molecule has 4 aromatic rings. The van der Waals surface area contributed by atoms with E-state index in [1.165, 1.54) is 35.2 Å². The van der Waals surface area contributed by atoms with Crippen LogP contribution in [0.15, 0.2) is 94.9 Å². The normalized spacial score (nSPS) is 11.2. The van der Waals surface area contributed by atoms with Crippen molar-refractivity contribution in [2.45, 2.75) is 4.90 Å². The van der Waals surface area contributed by atoms with E-state index in [4.69, 9.17) is 11.6 Å². The number of rotatable bonds is 5. The number of anilines is 1. The van der Waals surface area contributed by atoms with E-state index in [2.05, 4.69) is 10.3 Å². The number of pyridine rings is 2. The molecule has 0 atom stereocenters. The Morgan fingerprint density at radius 2 is 1.70 bits per heavy atom. The molecule has 33 heavy (non-hydrogen) atoms. The Balaban J connectivity index is 1.64. The predicted octanol–water partition coefficient (Wildman–Crippen LogP) is 4.21. The van der Waals surface area contributed by atoms with Crippen molar-refractivity contribution in [3.63, 3.8) is 0 Å². The lowest BCUT2D eigenvalue weighted by molar-refractivity contribution is 0.102. The summed E-state index contributed by atoms with van der Waals surface area (Å²) in [4.78, 5) is 29.5. The van der Waals surface area contributed by atoms with Gasteiger partial charge in [0.1, 0.15) is 10.8 Å². The molecule has 4 rings (SSSR count). The third kappa shape index (κ3) is 4.87. The first-order valence-electron chi connectivity index (χ1n) is 9.78. The summed E-state index contributed by atoms with van der Waals surface area (Å²) in [5.41, 5.74) is 1.79. The molecular weight excluding hydrogens is 462 g/mol. The average molecular weight is 480 g/mol. The standard InChI is InChI=1S/C24H18ClN3O4S/c1-33(31,32)21-7-3-2-5-19(21)16-8-11-18(12-9-16)28-14-4-6-20(24(28)30)27-23(29)17-10-13-22(25)26-15-17/h2-15H,1H3,(H,27,29). The quantitative estimate of drug-likeness (QED) is 0.432. The van der Waals surface area contributed by atoms with Crippen LogP contribution < -0.4 is 10.9 Å². The van der Waals surface area contributed by atoms with Gasteiger partial charge in [-0.15, -0.1) is 0 Å². The Kier molecular flexibility index (Phi) is 6.13. The van der Waals surface area contributed by atoms with Gasteiger partial charge >= 0.3 is 0 Å². The van der Waals surface area contributed by atoms with Crippen LogP contribution >= 0.6 is 11.6 Å². The maximum absolute atomic E-state index is 13.0. The molecule has 1 amide bonds. The van der Waals surface area contributed by atoms with Gasteiger partial charge in [0.2, 0.25) is 0 Å². The van der Waals surface area contributed by atoms with E-state index in [1.807, 2.05) is 0 Å². The van der Waals surface area contributed by atoms with Crippen molar-refractivity contribution in [1.29, 1.82) is 0 Å². The summed E-state index contributed by atoms with van der Waals surface area (Å²) in [5.74, 6) is -0.484. The molecule has 2 aromatic carbocycles. The molecule has 0 aliphatic rings. The van der Waals surface area contributed by atoms with Gasteiger partial charge in [0.05, 0.1) is 10.5 Å². The molecule has 1 N–H and O–H groups in total. The summed E-state index contributed by atoms with van der Waals surface area (Å²) in [6, 6.07) is 19.8. The fourth-order valence-electron chi connectivity index (χ4n) is 3.33. The molecule has 0 radical (unpaired) electrons. The van der Waals surface area contributed by atoms with E-state index in [0.717, 1.165) is 0 Å². The molecule has 166 valence electrons. The maximum Gasteiger partial charge on any atom is 0.278 e. The van der Waals surface area contributed by atoms with Gasteiger partial charge in [-0.2, -0.15) is 0 Å². The lowest BCUT2D eigenvalue weighted by atomic mass is 10.1. The molecule has 2 heterocycles. The largest absolute Gasteiger partial charge is 0.317 e. The van der Waals surface area contributed by atoms with Crippen LogP contribution in [-0.2, 0) is 9.84 Å². The Hall–Kier alpha value is -3.75. The fourth-order valence-corrected chi connectivity index (χ4v) is 4.35. The first-order valence-corrected chi connectivity index (χ1v) is 12.1. The molecular formula is C24H18ClN3O4S. The highest BCUT2D eigenvalue weighted by Crippen LogP contribution is 2.28. The first kappa shape index (κ1) is 22.4. The lowest BCUT2D eigenvalue weighted by Crippen LogP contribution is -2.24. The number of halogens is 1. The fraction of sp³-hybridized carbons (Fsp3) is 0.0417. The zero-order valence-corrected chi connectivity index (χ0v) is 19.0. The molecule has 0 saturated carbocycles. The Labute approximate surface area is 195 Å². The molecule has 0 saturated heterocycles. The molecule has 0 aliphatic carbocycles. The molecule has 9 heteroatoms. The zero-order valence-electron chi connectivity index (χ0n) is 17.4. The highest BCUT2D eigenvalue weighted by atomic mass is 35.5. The number of aromatic nitrogens is 2. The van der Waals surface area contributed by atoms with Crippen molar-refractivity contribution in [2.24, 2.45) is 0 Å². The average Bonchev–Trinajstić information content (AvgIpc) is 2.80. The van der Waals surface area contributed by atoms with Gasteiger partial charge < -0.3 is 5.32 Å². The van der Waals surface area contributed by atoms with Crippen LogP contribution in [0.5, 0.6) is 0 Å². The number of carbonyl (C=O) groups excluding carboxylic acids is 1. The Morgan fingerprint density at radius 3 is 2.36 bits per heavy atom. The maximum atomic E-state index is 13.0. The van der Waals surface area contributed by atoms with Crippen LogP contribution in [0.1, 0.15) is 10.4 Å². The molecule has 0 aliphatic heterocycles. The van der Waals surface area contributed by atoms with E-state index in [0.29, 0.717) is 16.8 Å². The van der Waals surface area contributed by atoms with Crippen molar-refractivity contribution in [3.05, 3.63) is 106 Å². The monoisotopic (exact) mass is 479 g/mol. The number of carbonyl (C=O) groups is 1. The van der Waals surface area contributed by atoms with Gasteiger partial charge in [0.15, 0.2) is 9.84 Å². The Bertz CT molecular complexity index is 1500. The van der Waals surface area contributed by atoms with Crippen LogP contribution in [0.4, 0.5) is 5.69 Å². The summed E-state index contributed by atoms with van der Waals surface area (Å²) >= 11 is 5.75. The summed E-state index contributed by atoms with van der Waals surface area (Å²) in [6.07, 6.45) is 4.08. The summed E-state index contributed by atoms with van der Waals surface area (Å²) in [7, 11) is -3.40. The Morgan fingerprint density at radius 1 is 0.970 bits per heavy atom. The lowest BCUT2D eigenvalue weighted by Gasteiger charge is -2.11. The van der Waals surface area contributed by atoms with Gasteiger partial charge in [-0.1, -0.05) is 41.9 Å². The zero-order chi connectivity index (χ0) is 23.6. The van der Waals surface area contributed by atoms with Crippen molar-refractivity contribution < 1.29 is 13.2 Å². The van der Waals surface area contributed by atoms with Crippen molar-refractivity contribution in [3.8, 4) is 16.8 Å². The smallest absolute Gasteiger partial charge is 0.278 e. The van der Waals surface area contributed by atoms with Gasteiger partial charge in [-0.05, 0) is 48.0 Å². The van der Waals surface area contributed by atoms with E-state index in [-0.39, 0.29) is 21.3 Å². The third-order valence-electron chi connectivity index (χ3n) is 4.93. The predicted molar refractivity (Wildman–Crippen MR) is 128 cm³/mol. The van der Waals surface area contributed by atoms with Crippen LogP contribution in [0, 0.1) is 0 Å². The first-order chi connectivity index (χ1) is 15.7. The van der Waals surface area contributed by atoms with Crippen molar-refractivity contribution >= 4 is 33.0 Å². The van der Waals surface area contributed by atoms with Crippen LogP contribution in [-0.4, -0.2) is 30.1 Å². The van der Waals surface area contributed by atoms with E-state index >= 15 is 0 Å². The number of benzene rings is 2. The van der Waals surface area contributed by atoms with Crippen LogP contribution in [0.3, 0.4) is 0 Å². The molecule has 0 spiro atoms. The van der Waals surface area contributed by atoms with E-state index in [1.54, 1.807) is 60.8 Å². The van der Waals surface area contributed by atoms with Gasteiger partial charge in [0.25, 0.3) is 11.5 Å². The third-order valence-corrected chi connectivity index (χ3v) is 6.31. The number of hydrogen-bond acceptors (Lipinski definition) is 5. The minimum Gasteiger partial charge on any atom is -0.317 e. The minimum absolute atomic E-state index is 0.101. The minimum atomic E-state index is -3.40. The highest BCUT2D eigenvalue weighted by Gasteiger charge is 2.15. The summed E-state index contributed by atoms with van der Waals surface area (Å²) in [5, 5.41) is 2.86. The second-order valence-electron chi connectivity index (χ2n) is 7.24. The number of nitrogens with one attached hydrogen (secondary N) is 1. The van der Waals surface area contributed by atoms with Crippen LogP contribution in [0.2, 0.25) is 5.15 Å². The second-order valence-corrected chi connectivity index (χ2v) is 9.61. The molecule has 0 fully saturated rings. The second kappa shape index (κ2) is 9.01. The van der Waals surface area contributed by atoms with Crippen molar-refractivity contribution in [1.82, 2.24) is 9.55 Å². The van der Waals surface area contributed by atoms with E-state index in [9.17, 15) is 18.0 Å². The SMILES string of the molecule is CS(=O)(=O)c1ccccc1-c1ccc(-n2cccc(NC(=O)c3ccc(Cl)nc3)c2=O)cc1. The van der Waals surface area contributed by atoms with Crippen molar-refractivity contribution in [2.75, 3.05) is 11.6 Å². The molecule has 7 nitrogen and oxygen atoms in total. The topological polar surface area (TPSA) is 98.1 Å². The van der Waals surface area contributed by atoms with Gasteiger partial charge in [-0.25, -0.2) is 13.4 Å². The summed E-state index contributed by atoms with van der Waals surface area (Å²) in [6.45, 7) is 0. The molecule has 0 unspecified atom stereocenters. The number of hydrogen-bond donors (Lipinski definition) is 1. The highest BCUT2D eigenvalue weighted by molar-refractivity contribution is 7.90. The van der Waals surface area contributed by atoms with E-state index < -0.39 is 21.3 Å². The van der Waals surface area contributed by atoms with Gasteiger partial charge in [0, 0.05) is 29.9 Å². The number of sulfone groups is 1.